The summed E-state index contributed by atoms with van der Waals surface area (Å²) in [5, 5.41) is 3.94. The summed E-state index contributed by atoms with van der Waals surface area (Å²) in [7, 11) is 1.52. The normalized spacial score (nSPS) is 21.0. The van der Waals surface area contributed by atoms with Gasteiger partial charge in [0.15, 0.2) is 0 Å². The molecule has 1 aromatic rings. The maximum atomic E-state index is 11.9. The van der Waals surface area contributed by atoms with Gasteiger partial charge >= 0.3 is 0 Å². The zero-order valence-corrected chi connectivity index (χ0v) is 11.8. The second-order valence-corrected chi connectivity index (χ2v) is 5.16. The molecular formula is C14H17ClN2O2. The second-order valence-electron chi connectivity index (χ2n) is 4.73. The topological polar surface area (TPSA) is 49.4 Å². The first-order valence-electron chi connectivity index (χ1n) is 6.34. The lowest BCUT2D eigenvalue weighted by molar-refractivity contribution is -0.137. The number of likely N-dealkylation sites (tertiary alicyclic amines) is 1. The van der Waals surface area contributed by atoms with Crippen molar-refractivity contribution in [2.24, 2.45) is 0 Å². The fourth-order valence-electron chi connectivity index (χ4n) is 2.27. The number of nitrogens with zero attached hydrogens (tertiary/aromatic N) is 1. The standard InChI is InChI=1S/C14H17ClN2O2/c1-3-11(9-4-6-10(15)7-5-9)16-12-8-13(18)17(2)14(12)19/h4-7,11-12,16H,3,8H2,1-2H3. The molecule has 5 heteroatoms. The van der Waals surface area contributed by atoms with Gasteiger partial charge in [-0.2, -0.15) is 0 Å². The highest BCUT2D eigenvalue weighted by molar-refractivity contribution is 6.30. The number of amides is 2. The Kier molecular flexibility index (Phi) is 4.22. The molecule has 2 rings (SSSR count). The second kappa shape index (κ2) is 5.72. The van der Waals surface area contributed by atoms with Gasteiger partial charge in [0.05, 0.1) is 12.5 Å². The van der Waals surface area contributed by atoms with Crippen molar-refractivity contribution in [2.45, 2.75) is 31.8 Å². The van der Waals surface area contributed by atoms with Crippen LogP contribution in [0.2, 0.25) is 5.02 Å². The van der Waals surface area contributed by atoms with E-state index < -0.39 is 6.04 Å². The van der Waals surface area contributed by atoms with E-state index in [-0.39, 0.29) is 24.3 Å². The van der Waals surface area contributed by atoms with E-state index in [1.54, 1.807) is 0 Å². The van der Waals surface area contributed by atoms with Crippen LogP contribution in [0.4, 0.5) is 0 Å². The number of carbonyl (C=O) groups is 2. The minimum atomic E-state index is -0.418. The maximum absolute atomic E-state index is 11.9. The van der Waals surface area contributed by atoms with Gasteiger partial charge in [-0.1, -0.05) is 30.7 Å². The van der Waals surface area contributed by atoms with Crippen LogP contribution >= 0.6 is 11.6 Å². The molecule has 1 aromatic carbocycles. The lowest BCUT2D eigenvalue weighted by atomic mass is 10.0. The molecule has 1 saturated heterocycles. The summed E-state index contributed by atoms with van der Waals surface area (Å²) in [6.45, 7) is 2.04. The van der Waals surface area contributed by atoms with Crippen molar-refractivity contribution in [3.8, 4) is 0 Å². The molecule has 1 N–H and O–H groups in total. The molecular weight excluding hydrogens is 264 g/mol. The quantitative estimate of drug-likeness (QED) is 0.860. The van der Waals surface area contributed by atoms with E-state index in [0.717, 1.165) is 12.0 Å². The number of benzene rings is 1. The Hall–Kier alpha value is -1.39. The molecule has 0 aliphatic carbocycles. The number of hydrogen-bond acceptors (Lipinski definition) is 3. The summed E-state index contributed by atoms with van der Waals surface area (Å²) in [4.78, 5) is 24.6. The predicted octanol–water partition coefficient (Wildman–Crippen LogP) is 2.14. The first-order valence-corrected chi connectivity index (χ1v) is 6.72. The molecule has 0 saturated carbocycles. The molecule has 1 heterocycles. The van der Waals surface area contributed by atoms with Crippen LogP contribution < -0.4 is 5.32 Å². The van der Waals surface area contributed by atoms with Crippen LogP contribution in [0, 0.1) is 0 Å². The highest BCUT2D eigenvalue weighted by Gasteiger charge is 2.36. The van der Waals surface area contributed by atoms with Gasteiger partial charge in [-0.05, 0) is 24.1 Å². The Morgan fingerprint density at radius 3 is 2.47 bits per heavy atom. The Morgan fingerprint density at radius 1 is 1.37 bits per heavy atom. The molecule has 1 aliphatic heterocycles. The summed E-state index contributed by atoms with van der Waals surface area (Å²) in [6.07, 6.45) is 1.07. The molecule has 4 nitrogen and oxygen atoms in total. The first kappa shape index (κ1) is 14.0. The van der Waals surface area contributed by atoms with Gasteiger partial charge in [-0.15, -0.1) is 0 Å². The lowest BCUT2D eigenvalue weighted by Crippen LogP contribution is -2.39. The summed E-state index contributed by atoms with van der Waals surface area (Å²) < 4.78 is 0. The minimum Gasteiger partial charge on any atom is -0.299 e. The first-order chi connectivity index (χ1) is 9.02. The number of nitrogens with one attached hydrogen (secondary N) is 1. The van der Waals surface area contributed by atoms with Crippen LogP contribution in [0.1, 0.15) is 31.4 Å². The molecule has 0 radical (unpaired) electrons. The molecule has 0 bridgehead atoms. The number of rotatable bonds is 4. The Labute approximate surface area is 117 Å². The molecule has 0 spiro atoms. The highest BCUT2D eigenvalue weighted by atomic mass is 35.5. The van der Waals surface area contributed by atoms with Crippen LogP contribution in [0.15, 0.2) is 24.3 Å². The Balaban J connectivity index is 2.10. The third-order valence-electron chi connectivity index (χ3n) is 3.46. The smallest absolute Gasteiger partial charge is 0.246 e. The highest BCUT2D eigenvalue weighted by Crippen LogP contribution is 2.22. The third-order valence-corrected chi connectivity index (χ3v) is 3.72. The SMILES string of the molecule is CCC(NC1CC(=O)N(C)C1=O)c1ccc(Cl)cc1. The Morgan fingerprint density at radius 2 is 2.00 bits per heavy atom. The Bertz CT molecular complexity index is 487. The predicted molar refractivity (Wildman–Crippen MR) is 73.8 cm³/mol. The molecule has 2 amide bonds. The van der Waals surface area contributed by atoms with Gasteiger partial charge in [0.2, 0.25) is 11.8 Å². The third kappa shape index (κ3) is 2.96. The van der Waals surface area contributed by atoms with Crippen LogP contribution in [0.5, 0.6) is 0 Å². The molecule has 2 unspecified atom stereocenters. The van der Waals surface area contributed by atoms with Crippen molar-refractivity contribution in [2.75, 3.05) is 7.05 Å². The van der Waals surface area contributed by atoms with Crippen molar-refractivity contribution < 1.29 is 9.59 Å². The summed E-state index contributed by atoms with van der Waals surface area (Å²) in [5.74, 6) is -0.286. The van der Waals surface area contributed by atoms with Crippen molar-refractivity contribution >= 4 is 23.4 Å². The van der Waals surface area contributed by atoms with Crippen LogP contribution in [-0.4, -0.2) is 29.8 Å². The van der Waals surface area contributed by atoms with E-state index in [1.165, 1.54) is 11.9 Å². The van der Waals surface area contributed by atoms with E-state index >= 15 is 0 Å². The van der Waals surface area contributed by atoms with Crippen molar-refractivity contribution in [3.05, 3.63) is 34.9 Å². The summed E-state index contributed by atoms with van der Waals surface area (Å²) >= 11 is 5.87. The van der Waals surface area contributed by atoms with Gasteiger partial charge in [0.1, 0.15) is 0 Å². The molecule has 102 valence electrons. The number of likely N-dealkylation sites (N-methyl/N-ethyl adjacent to an activating group) is 1. The van der Waals surface area contributed by atoms with Gasteiger partial charge in [-0.25, -0.2) is 0 Å². The number of imide groups is 1. The molecule has 19 heavy (non-hydrogen) atoms. The van der Waals surface area contributed by atoms with Crippen LogP contribution in [-0.2, 0) is 9.59 Å². The zero-order chi connectivity index (χ0) is 14.0. The summed E-state index contributed by atoms with van der Waals surface area (Å²) in [5.41, 5.74) is 1.07. The largest absolute Gasteiger partial charge is 0.299 e. The van der Waals surface area contributed by atoms with Crippen molar-refractivity contribution in [3.63, 3.8) is 0 Å². The van der Waals surface area contributed by atoms with E-state index in [0.29, 0.717) is 5.02 Å². The number of halogens is 1. The lowest BCUT2D eigenvalue weighted by Gasteiger charge is -2.21. The maximum Gasteiger partial charge on any atom is 0.246 e. The zero-order valence-electron chi connectivity index (χ0n) is 11.0. The van der Waals surface area contributed by atoms with Gasteiger partial charge < -0.3 is 0 Å². The molecule has 1 aliphatic rings. The van der Waals surface area contributed by atoms with E-state index in [9.17, 15) is 9.59 Å². The average Bonchev–Trinajstić information content (AvgIpc) is 2.65. The van der Waals surface area contributed by atoms with E-state index in [1.807, 2.05) is 31.2 Å². The van der Waals surface area contributed by atoms with Crippen LogP contribution in [0.25, 0.3) is 0 Å². The molecule has 2 atom stereocenters. The fraction of sp³-hybridized carbons (Fsp3) is 0.429. The van der Waals surface area contributed by atoms with Gasteiger partial charge in [0, 0.05) is 18.1 Å². The summed E-state index contributed by atoms with van der Waals surface area (Å²) in [6, 6.07) is 7.16. The van der Waals surface area contributed by atoms with E-state index in [4.69, 9.17) is 11.6 Å². The van der Waals surface area contributed by atoms with Crippen LogP contribution in [0.3, 0.4) is 0 Å². The van der Waals surface area contributed by atoms with Crippen molar-refractivity contribution in [1.29, 1.82) is 0 Å². The number of carbonyl (C=O) groups excluding carboxylic acids is 2. The monoisotopic (exact) mass is 280 g/mol. The molecule has 1 fully saturated rings. The number of hydrogen-bond donors (Lipinski definition) is 1. The fourth-order valence-corrected chi connectivity index (χ4v) is 2.40. The molecule has 0 aromatic heterocycles. The van der Waals surface area contributed by atoms with Crippen molar-refractivity contribution in [1.82, 2.24) is 10.2 Å². The van der Waals surface area contributed by atoms with E-state index in [2.05, 4.69) is 5.32 Å². The average molecular weight is 281 g/mol. The van der Waals surface area contributed by atoms with Gasteiger partial charge in [0.25, 0.3) is 0 Å². The minimum absolute atomic E-state index is 0.0468. The van der Waals surface area contributed by atoms with Gasteiger partial charge in [-0.3, -0.25) is 19.8 Å².